The number of amides is 2. The molecule has 10 heteroatoms. The van der Waals surface area contributed by atoms with Crippen molar-refractivity contribution in [2.75, 3.05) is 26.2 Å². The zero-order chi connectivity index (χ0) is 24.7. The van der Waals surface area contributed by atoms with Crippen LogP contribution in [0.1, 0.15) is 40.6 Å². The number of rotatable bonds is 4. The fourth-order valence-electron chi connectivity index (χ4n) is 4.24. The molecule has 0 N–H and O–H groups in total. The molecule has 0 atom stereocenters. The second-order valence-corrected chi connectivity index (χ2v) is 9.07. The highest BCUT2D eigenvalue weighted by Gasteiger charge is 2.29. The number of carbonyl (C=O) groups excluding carboxylic acids is 2. The van der Waals surface area contributed by atoms with Crippen LogP contribution < -0.4 is 0 Å². The molecule has 4 heterocycles. The zero-order valence-electron chi connectivity index (χ0n) is 19.2. The van der Waals surface area contributed by atoms with Gasteiger partial charge in [-0.3, -0.25) is 9.59 Å². The maximum atomic E-state index is 13.6. The summed E-state index contributed by atoms with van der Waals surface area (Å²) in [5.74, 6) is -0.392. The molecule has 0 aliphatic carbocycles. The van der Waals surface area contributed by atoms with Crippen molar-refractivity contribution in [1.29, 1.82) is 0 Å². The highest BCUT2D eigenvalue weighted by molar-refractivity contribution is 6.33. The van der Waals surface area contributed by atoms with Gasteiger partial charge in [-0.25, -0.2) is 14.1 Å². The Morgan fingerprint density at radius 2 is 1.71 bits per heavy atom. The number of pyridine rings is 1. The summed E-state index contributed by atoms with van der Waals surface area (Å²) < 4.78 is 20.7. The summed E-state index contributed by atoms with van der Waals surface area (Å²) >= 11 is 6.07. The Morgan fingerprint density at radius 3 is 2.31 bits per heavy atom. The van der Waals surface area contributed by atoms with Gasteiger partial charge in [-0.2, -0.15) is 5.10 Å². The predicted molar refractivity (Wildman–Crippen MR) is 129 cm³/mol. The number of fused-ring (bicyclic) bond motifs is 1. The van der Waals surface area contributed by atoms with Crippen LogP contribution in [0.25, 0.3) is 22.5 Å². The van der Waals surface area contributed by atoms with Crippen LogP contribution in [-0.2, 0) is 0 Å². The average Bonchev–Trinajstić information content (AvgIpc) is 3.53. The fourth-order valence-corrected chi connectivity index (χ4v) is 4.49. The molecule has 5 rings (SSSR count). The topological polar surface area (TPSA) is 84.5 Å². The van der Waals surface area contributed by atoms with Crippen LogP contribution in [0.2, 0.25) is 5.02 Å². The van der Waals surface area contributed by atoms with Crippen LogP contribution in [0.5, 0.6) is 0 Å². The maximum absolute atomic E-state index is 13.6. The quantitative estimate of drug-likeness (QED) is 0.411. The first-order valence-corrected chi connectivity index (χ1v) is 11.7. The highest BCUT2D eigenvalue weighted by Crippen LogP contribution is 2.28. The second-order valence-electron chi connectivity index (χ2n) is 8.66. The van der Waals surface area contributed by atoms with E-state index >= 15 is 0 Å². The van der Waals surface area contributed by atoms with Crippen LogP contribution in [0, 0.1) is 5.82 Å². The van der Waals surface area contributed by atoms with Gasteiger partial charge >= 0.3 is 0 Å². The van der Waals surface area contributed by atoms with E-state index in [1.165, 1.54) is 12.1 Å². The molecule has 1 aliphatic rings. The number of benzene rings is 1. The lowest BCUT2D eigenvalue weighted by Crippen LogP contribution is -2.50. The summed E-state index contributed by atoms with van der Waals surface area (Å²) in [5, 5.41) is 5.18. The van der Waals surface area contributed by atoms with Crippen molar-refractivity contribution in [3.63, 3.8) is 0 Å². The summed E-state index contributed by atoms with van der Waals surface area (Å²) in [6, 6.07) is 9.07. The van der Waals surface area contributed by atoms with Gasteiger partial charge in [0, 0.05) is 32.2 Å². The van der Waals surface area contributed by atoms with E-state index < -0.39 is 5.82 Å². The lowest BCUT2D eigenvalue weighted by Gasteiger charge is -2.35. The highest BCUT2D eigenvalue weighted by atomic mass is 35.5. The number of halogens is 2. The predicted octanol–water partition coefficient (Wildman–Crippen LogP) is 4.66. The number of piperazine rings is 1. The number of hydrogen-bond donors (Lipinski definition) is 0. The first kappa shape index (κ1) is 23.0. The number of hydrogen-bond acceptors (Lipinski definition) is 5. The maximum Gasteiger partial charge on any atom is 0.255 e. The third-order valence-corrected chi connectivity index (χ3v) is 6.39. The second kappa shape index (κ2) is 9.14. The number of aromatic nitrogens is 3. The summed E-state index contributed by atoms with van der Waals surface area (Å²) in [7, 11) is 0. The Hall–Kier alpha value is -3.72. The SMILES string of the molecule is CC(C)n1ncc2c(C(=O)N3CCN(C(=O)c4ccc(F)cc4Cl)CC3)cc(-c3ccco3)nc21. The van der Waals surface area contributed by atoms with Crippen molar-refractivity contribution in [1.82, 2.24) is 24.6 Å². The van der Waals surface area contributed by atoms with Gasteiger partial charge in [0.1, 0.15) is 11.5 Å². The molecular weight excluding hydrogens is 473 g/mol. The zero-order valence-corrected chi connectivity index (χ0v) is 20.0. The molecule has 0 radical (unpaired) electrons. The fraction of sp³-hybridized carbons (Fsp3) is 0.280. The smallest absolute Gasteiger partial charge is 0.255 e. The van der Waals surface area contributed by atoms with Crippen LogP contribution in [0.15, 0.2) is 53.3 Å². The largest absolute Gasteiger partial charge is 0.463 e. The van der Waals surface area contributed by atoms with Crippen LogP contribution in [0.4, 0.5) is 4.39 Å². The van der Waals surface area contributed by atoms with Crippen molar-refractivity contribution in [3.8, 4) is 11.5 Å². The van der Waals surface area contributed by atoms with E-state index in [0.717, 1.165) is 6.07 Å². The molecular formula is C25H23ClFN5O3. The Kier molecular flexibility index (Phi) is 6.02. The first-order valence-electron chi connectivity index (χ1n) is 11.3. The Balaban J connectivity index is 1.40. The molecule has 1 aromatic carbocycles. The van der Waals surface area contributed by atoms with Gasteiger partial charge in [0.25, 0.3) is 11.8 Å². The van der Waals surface area contributed by atoms with E-state index in [-0.39, 0.29) is 28.4 Å². The van der Waals surface area contributed by atoms with E-state index in [2.05, 4.69) is 5.10 Å². The minimum absolute atomic E-state index is 0.0580. The average molecular weight is 496 g/mol. The van der Waals surface area contributed by atoms with Gasteiger partial charge in [-0.15, -0.1) is 0 Å². The molecule has 35 heavy (non-hydrogen) atoms. The van der Waals surface area contributed by atoms with E-state index in [9.17, 15) is 14.0 Å². The lowest BCUT2D eigenvalue weighted by molar-refractivity contribution is 0.0536. The Bertz CT molecular complexity index is 1410. The number of nitrogens with zero attached hydrogens (tertiary/aromatic N) is 5. The van der Waals surface area contributed by atoms with E-state index in [1.807, 2.05) is 13.8 Å². The van der Waals surface area contributed by atoms with Gasteiger partial charge in [0.15, 0.2) is 11.4 Å². The third-order valence-electron chi connectivity index (χ3n) is 6.08. The molecule has 0 bridgehead atoms. The number of furan rings is 1. The van der Waals surface area contributed by atoms with Gasteiger partial charge in [-0.05, 0) is 50.2 Å². The first-order chi connectivity index (χ1) is 16.8. The molecule has 2 amide bonds. The molecule has 180 valence electrons. The van der Waals surface area contributed by atoms with Crippen LogP contribution in [-0.4, -0.2) is 62.6 Å². The van der Waals surface area contributed by atoms with E-state index in [4.69, 9.17) is 21.0 Å². The molecule has 0 spiro atoms. The van der Waals surface area contributed by atoms with Crippen molar-refractivity contribution in [2.45, 2.75) is 19.9 Å². The third kappa shape index (κ3) is 4.27. The Morgan fingerprint density at radius 1 is 1.03 bits per heavy atom. The molecule has 4 aromatic rings. The van der Waals surface area contributed by atoms with E-state index in [1.54, 1.807) is 45.1 Å². The number of carbonyl (C=O) groups is 2. The van der Waals surface area contributed by atoms with Crippen LogP contribution >= 0.6 is 11.6 Å². The van der Waals surface area contributed by atoms with Gasteiger partial charge in [0.05, 0.1) is 34.0 Å². The minimum atomic E-state index is -0.500. The normalized spacial score (nSPS) is 14.2. The molecule has 1 fully saturated rings. The molecule has 3 aromatic heterocycles. The lowest BCUT2D eigenvalue weighted by atomic mass is 10.1. The molecule has 0 unspecified atom stereocenters. The summed E-state index contributed by atoms with van der Waals surface area (Å²) in [6.45, 7) is 5.37. The summed E-state index contributed by atoms with van der Waals surface area (Å²) in [6.07, 6.45) is 3.23. The standard InChI is InChI=1S/C25H23ClFN5O3/c1-15(2)32-23-19(14-28-32)18(13-21(29-23)22-4-3-11-35-22)25(34)31-9-7-30(8-10-31)24(33)17-6-5-16(27)12-20(17)26/h3-6,11-15H,7-10H2,1-2H3. The molecule has 8 nitrogen and oxygen atoms in total. The minimum Gasteiger partial charge on any atom is -0.463 e. The van der Waals surface area contributed by atoms with Gasteiger partial charge < -0.3 is 14.2 Å². The van der Waals surface area contributed by atoms with Gasteiger partial charge in [0.2, 0.25) is 0 Å². The molecule has 1 saturated heterocycles. The summed E-state index contributed by atoms with van der Waals surface area (Å²) in [4.78, 5) is 34.5. The van der Waals surface area contributed by atoms with Crippen molar-refractivity contribution >= 4 is 34.4 Å². The van der Waals surface area contributed by atoms with Crippen molar-refractivity contribution in [2.24, 2.45) is 0 Å². The van der Waals surface area contributed by atoms with E-state index in [0.29, 0.717) is 54.2 Å². The van der Waals surface area contributed by atoms with Crippen molar-refractivity contribution < 1.29 is 18.4 Å². The Labute approximate surface area is 205 Å². The molecule has 0 saturated carbocycles. The van der Waals surface area contributed by atoms with Crippen LogP contribution in [0.3, 0.4) is 0 Å². The van der Waals surface area contributed by atoms with Gasteiger partial charge in [-0.1, -0.05) is 11.6 Å². The monoisotopic (exact) mass is 495 g/mol. The van der Waals surface area contributed by atoms with Crippen molar-refractivity contribution in [3.05, 3.63) is 70.8 Å². The molecule has 1 aliphatic heterocycles. The summed E-state index contributed by atoms with van der Waals surface area (Å²) in [5.41, 5.74) is 1.88.